The van der Waals surface area contributed by atoms with E-state index in [2.05, 4.69) is 38.5 Å². The average molecular weight is 281 g/mol. The Bertz CT molecular complexity index is 512. The number of nitrogens with one attached hydrogen (secondary N) is 1. The molecule has 96 valence electrons. The summed E-state index contributed by atoms with van der Waals surface area (Å²) in [5.41, 5.74) is 1.06. The van der Waals surface area contributed by atoms with Crippen LogP contribution in [0.5, 0.6) is 0 Å². The van der Waals surface area contributed by atoms with Crippen LogP contribution >= 0.6 is 23.3 Å². The molecule has 5 nitrogen and oxygen atoms in total. The summed E-state index contributed by atoms with van der Waals surface area (Å²) in [7, 11) is 0. The summed E-state index contributed by atoms with van der Waals surface area (Å²) in [6.07, 6.45) is 2.39. The van der Waals surface area contributed by atoms with Crippen molar-refractivity contribution < 1.29 is 0 Å². The van der Waals surface area contributed by atoms with Gasteiger partial charge in [-0.15, -0.1) is 0 Å². The van der Waals surface area contributed by atoms with Crippen molar-refractivity contribution in [3.05, 3.63) is 17.7 Å². The number of aryl methyl sites for hydroxylation is 1. The van der Waals surface area contributed by atoms with Crippen molar-refractivity contribution in [2.24, 2.45) is 0 Å². The molecule has 18 heavy (non-hydrogen) atoms. The van der Waals surface area contributed by atoms with Crippen LogP contribution in [-0.4, -0.2) is 25.9 Å². The van der Waals surface area contributed by atoms with Crippen LogP contribution in [0.25, 0.3) is 0 Å². The van der Waals surface area contributed by atoms with E-state index in [0.717, 1.165) is 39.5 Å². The highest BCUT2D eigenvalue weighted by Crippen LogP contribution is 2.31. The Morgan fingerprint density at radius 2 is 2.17 bits per heavy atom. The van der Waals surface area contributed by atoms with Gasteiger partial charge in [0.2, 0.25) is 0 Å². The molecule has 0 aliphatic heterocycles. The fourth-order valence-corrected chi connectivity index (χ4v) is 2.89. The van der Waals surface area contributed by atoms with E-state index in [-0.39, 0.29) is 0 Å². The van der Waals surface area contributed by atoms with Crippen LogP contribution in [0.2, 0.25) is 0 Å². The molecule has 2 aromatic rings. The smallest absolute Gasteiger partial charge is 0.176 e. The maximum Gasteiger partial charge on any atom is 0.176 e. The van der Waals surface area contributed by atoms with Gasteiger partial charge in [-0.3, -0.25) is 0 Å². The molecule has 0 radical (unpaired) electrons. The van der Waals surface area contributed by atoms with Gasteiger partial charge in [0.25, 0.3) is 0 Å². The maximum absolute atomic E-state index is 4.56. The van der Waals surface area contributed by atoms with Gasteiger partial charge in [-0.25, -0.2) is 15.0 Å². The van der Waals surface area contributed by atoms with Gasteiger partial charge >= 0.3 is 0 Å². The standard InChI is InChI=1S/C11H15N5S2/c1-4-8-15-9(12-5-2)7(3)10(16-8)17-11-13-6-14-18-11/h6H,4-5H2,1-3H3,(H,12,15,16). The van der Waals surface area contributed by atoms with Gasteiger partial charge in [-0.05, 0) is 37.1 Å². The van der Waals surface area contributed by atoms with E-state index >= 15 is 0 Å². The molecule has 0 aromatic carbocycles. The lowest BCUT2D eigenvalue weighted by molar-refractivity contribution is 0.870. The Morgan fingerprint density at radius 1 is 1.33 bits per heavy atom. The fraction of sp³-hybridized carbons (Fsp3) is 0.455. The van der Waals surface area contributed by atoms with Gasteiger partial charge in [-0.2, -0.15) is 4.37 Å². The first-order chi connectivity index (χ1) is 8.74. The van der Waals surface area contributed by atoms with Crippen LogP contribution in [0.4, 0.5) is 5.82 Å². The van der Waals surface area contributed by atoms with Gasteiger partial charge < -0.3 is 5.32 Å². The lowest BCUT2D eigenvalue weighted by atomic mass is 10.3. The molecule has 0 saturated heterocycles. The lowest BCUT2D eigenvalue weighted by Gasteiger charge is -2.11. The van der Waals surface area contributed by atoms with E-state index < -0.39 is 0 Å². The predicted molar refractivity (Wildman–Crippen MR) is 74.3 cm³/mol. The molecule has 0 saturated carbocycles. The first kappa shape index (κ1) is 13.2. The lowest BCUT2D eigenvalue weighted by Crippen LogP contribution is -2.07. The maximum atomic E-state index is 4.56. The summed E-state index contributed by atoms with van der Waals surface area (Å²) in [6, 6.07) is 0. The minimum Gasteiger partial charge on any atom is -0.370 e. The van der Waals surface area contributed by atoms with Crippen molar-refractivity contribution in [2.45, 2.75) is 36.6 Å². The second-order valence-corrected chi connectivity index (χ2v) is 5.63. The highest BCUT2D eigenvalue weighted by Gasteiger charge is 2.12. The third-order valence-electron chi connectivity index (χ3n) is 2.33. The van der Waals surface area contributed by atoms with Gasteiger partial charge in [-0.1, -0.05) is 6.92 Å². The highest BCUT2D eigenvalue weighted by atomic mass is 32.2. The van der Waals surface area contributed by atoms with Gasteiger partial charge in [0.1, 0.15) is 23.0 Å². The summed E-state index contributed by atoms with van der Waals surface area (Å²) in [4.78, 5) is 13.2. The second-order valence-electron chi connectivity index (χ2n) is 3.61. The zero-order valence-corrected chi connectivity index (χ0v) is 12.2. The van der Waals surface area contributed by atoms with Crippen molar-refractivity contribution in [2.75, 3.05) is 11.9 Å². The minimum absolute atomic E-state index is 0.822. The summed E-state index contributed by atoms with van der Waals surface area (Å²) in [6.45, 7) is 7.00. The Balaban J connectivity index is 2.35. The summed E-state index contributed by atoms with van der Waals surface area (Å²) in [5.74, 6) is 1.76. The monoisotopic (exact) mass is 281 g/mol. The van der Waals surface area contributed by atoms with E-state index in [9.17, 15) is 0 Å². The Hall–Kier alpha value is -1.21. The van der Waals surface area contributed by atoms with Crippen molar-refractivity contribution in [1.82, 2.24) is 19.3 Å². The molecule has 2 heterocycles. The van der Waals surface area contributed by atoms with E-state index in [1.165, 1.54) is 11.5 Å². The molecule has 2 aromatic heterocycles. The molecule has 1 N–H and O–H groups in total. The number of hydrogen-bond donors (Lipinski definition) is 1. The predicted octanol–water partition coefficient (Wildman–Crippen LogP) is 2.78. The number of nitrogens with zero attached hydrogens (tertiary/aromatic N) is 4. The van der Waals surface area contributed by atoms with Gasteiger partial charge in [0, 0.05) is 18.5 Å². The van der Waals surface area contributed by atoms with Crippen molar-refractivity contribution in [3.63, 3.8) is 0 Å². The minimum atomic E-state index is 0.822. The largest absolute Gasteiger partial charge is 0.370 e. The van der Waals surface area contributed by atoms with Crippen LogP contribution < -0.4 is 5.32 Å². The zero-order chi connectivity index (χ0) is 13.0. The first-order valence-corrected chi connectivity index (χ1v) is 7.39. The average Bonchev–Trinajstić information content (AvgIpc) is 2.87. The molecular weight excluding hydrogens is 266 g/mol. The molecule has 0 aliphatic rings. The van der Waals surface area contributed by atoms with Crippen LogP contribution in [-0.2, 0) is 6.42 Å². The number of aromatic nitrogens is 4. The van der Waals surface area contributed by atoms with E-state index in [1.54, 1.807) is 18.1 Å². The Kier molecular flexibility index (Phi) is 4.48. The molecule has 0 fully saturated rings. The number of rotatable bonds is 5. The quantitative estimate of drug-likeness (QED) is 0.850. The van der Waals surface area contributed by atoms with Crippen LogP contribution in [0.3, 0.4) is 0 Å². The van der Waals surface area contributed by atoms with Crippen LogP contribution in [0.1, 0.15) is 25.2 Å². The van der Waals surface area contributed by atoms with Crippen LogP contribution in [0, 0.1) is 6.92 Å². The van der Waals surface area contributed by atoms with Gasteiger partial charge in [0.15, 0.2) is 4.34 Å². The van der Waals surface area contributed by atoms with Crippen molar-refractivity contribution in [3.8, 4) is 0 Å². The molecule has 2 rings (SSSR count). The van der Waals surface area contributed by atoms with Crippen LogP contribution in [0.15, 0.2) is 15.7 Å². The molecule has 0 spiro atoms. The SMILES string of the molecule is CCNc1nc(CC)nc(Sc2ncns2)c1C. The molecule has 0 atom stereocenters. The molecule has 7 heteroatoms. The summed E-state index contributed by atoms with van der Waals surface area (Å²) < 4.78 is 4.90. The van der Waals surface area contributed by atoms with Crippen molar-refractivity contribution >= 4 is 29.1 Å². The number of anilines is 1. The molecular formula is C11H15N5S2. The van der Waals surface area contributed by atoms with E-state index in [1.807, 2.05) is 6.92 Å². The second kappa shape index (κ2) is 6.10. The van der Waals surface area contributed by atoms with E-state index in [0.29, 0.717) is 0 Å². The third-order valence-corrected chi connectivity index (χ3v) is 4.14. The Labute approximate surface area is 115 Å². The molecule has 0 amide bonds. The molecule has 0 bridgehead atoms. The Morgan fingerprint density at radius 3 is 2.78 bits per heavy atom. The summed E-state index contributed by atoms with van der Waals surface area (Å²) in [5, 5.41) is 4.23. The van der Waals surface area contributed by atoms with E-state index in [4.69, 9.17) is 0 Å². The third kappa shape index (κ3) is 2.97. The van der Waals surface area contributed by atoms with Crippen molar-refractivity contribution in [1.29, 1.82) is 0 Å². The zero-order valence-electron chi connectivity index (χ0n) is 10.6. The highest BCUT2D eigenvalue weighted by molar-refractivity contribution is 8.00. The topological polar surface area (TPSA) is 63.6 Å². The van der Waals surface area contributed by atoms with Gasteiger partial charge in [0.05, 0.1) is 0 Å². The normalized spacial score (nSPS) is 10.6. The number of hydrogen-bond acceptors (Lipinski definition) is 7. The molecule has 0 aliphatic carbocycles. The summed E-state index contributed by atoms with van der Waals surface area (Å²) >= 11 is 2.92. The fourth-order valence-electron chi connectivity index (χ4n) is 1.43. The first-order valence-electron chi connectivity index (χ1n) is 5.80. The molecule has 0 unspecified atom stereocenters.